The van der Waals surface area contributed by atoms with Gasteiger partial charge in [-0.2, -0.15) is 15.1 Å². The topological polar surface area (TPSA) is 92.2 Å². The molecule has 3 heterocycles. The molecule has 0 amide bonds. The van der Waals surface area contributed by atoms with E-state index in [9.17, 15) is 5.11 Å². The van der Waals surface area contributed by atoms with Gasteiger partial charge in [0.15, 0.2) is 5.65 Å². The van der Waals surface area contributed by atoms with E-state index < -0.39 is 0 Å². The van der Waals surface area contributed by atoms with Gasteiger partial charge in [0.05, 0.1) is 36.7 Å². The summed E-state index contributed by atoms with van der Waals surface area (Å²) in [5.41, 5.74) is 1.49. The molecule has 0 unspecified atom stereocenters. The number of aliphatic hydroxyl groups is 1. The molecule has 0 aliphatic rings. The summed E-state index contributed by atoms with van der Waals surface area (Å²) in [7, 11) is 1.83. The normalized spacial score (nSPS) is 11.1. The number of aromatic nitrogens is 4. The lowest BCUT2D eigenvalue weighted by Gasteiger charge is -2.17. The molecule has 8 nitrogen and oxygen atoms in total. The molecule has 9 heteroatoms. The molecule has 0 aliphatic carbocycles. The predicted molar refractivity (Wildman–Crippen MR) is 108 cm³/mol. The second kappa shape index (κ2) is 7.87. The van der Waals surface area contributed by atoms with Crippen molar-refractivity contribution in [3.8, 4) is 5.69 Å². The highest BCUT2D eigenvalue weighted by Gasteiger charge is 2.16. The second-order valence-corrected chi connectivity index (χ2v) is 6.66. The van der Waals surface area contributed by atoms with E-state index in [1.165, 1.54) is 0 Å². The Morgan fingerprint density at radius 3 is 2.75 bits per heavy atom. The van der Waals surface area contributed by atoms with Crippen LogP contribution in [0.15, 0.2) is 53.3 Å². The highest BCUT2D eigenvalue weighted by molar-refractivity contribution is 6.30. The Bertz CT molecular complexity index is 1060. The van der Waals surface area contributed by atoms with Crippen LogP contribution in [0.1, 0.15) is 5.76 Å². The quantitative estimate of drug-likeness (QED) is 0.494. The first-order chi connectivity index (χ1) is 13.7. The number of halogens is 1. The maximum atomic E-state index is 9.27. The van der Waals surface area contributed by atoms with Crippen LogP contribution in [-0.4, -0.2) is 45.1 Å². The summed E-state index contributed by atoms with van der Waals surface area (Å²) in [6, 6.07) is 11.1. The highest BCUT2D eigenvalue weighted by atomic mass is 35.5. The van der Waals surface area contributed by atoms with Crippen molar-refractivity contribution < 1.29 is 9.52 Å². The number of likely N-dealkylation sites (N-methyl/N-ethyl adjacent to an activating group) is 1. The van der Waals surface area contributed by atoms with Gasteiger partial charge in [0.2, 0.25) is 5.95 Å². The van der Waals surface area contributed by atoms with Gasteiger partial charge in [0, 0.05) is 18.6 Å². The fourth-order valence-corrected chi connectivity index (χ4v) is 2.93. The van der Waals surface area contributed by atoms with Gasteiger partial charge in [-0.25, -0.2) is 4.68 Å². The molecule has 2 N–H and O–H groups in total. The number of anilines is 2. The summed E-state index contributed by atoms with van der Waals surface area (Å²) in [6.45, 7) is 0.899. The van der Waals surface area contributed by atoms with Crippen LogP contribution in [0, 0.1) is 0 Å². The van der Waals surface area contributed by atoms with Gasteiger partial charge in [-0.05, 0) is 36.4 Å². The van der Waals surface area contributed by atoms with Crippen molar-refractivity contribution in [3.05, 3.63) is 59.6 Å². The summed E-state index contributed by atoms with van der Waals surface area (Å²) in [5.74, 6) is 1.92. The SMILES string of the molecule is CN(CCO)c1nc(NCc2ccco2)c2cnn(-c3ccc(Cl)cc3)c2n1. The molecule has 0 fully saturated rings. The monoisotopic (exact) mass is 398 g/mol. The highest BCUT2D eigenvalue weighted by Crippen LogP contribution is 2.26. The number of rotatable bonds is 7. The van der Waals surface area contributed by atoms with Crippen LogP contribution >= 0.6 is 11.6 Å². The number of aliphatic hydroxyl groups excluding tert-OH is 1. The van der Waals surface area contributed by atoms with E-state index in [1.807, 2.05) is 31.3 Å². The number of hydrogen-bond acceptors (Lipinski definition) is 7. The lowest BCUT2D eigenvalue weighted by atomic mass is 10.3. The molecule has 4 aromatic rings. The van der Waals surface area contributed by atoms with Crippen LogP contribution in [0.25, 0.3) is 16.7 Å². The summed E-state index contributed by atoms with van der Waals surface area (Å²) in [6.07, 6.45) is 3.36. The van der Waals surface area contributed by atoms with E-state index in [0.29, 0.717) is 35.5 Å². The number of fused-ring (bicyclic) bond motifs is 1. The largest absolute Gasteiger partial charge is 0.467 e. The van der Waals surface area contributed by atoms with Crippen LogP contribution in [0.4, 0.5) is 11.8 Å². The average molecular weight is 399 g/mol. The van der Waals surface area contributed by atoms with E-state index in [-0.39, 0.29) is 6.61 Å². The van der Waals surface area contributed by atoms with Crippen LogP contribution in [-0.2, 0) is 6.54 Å². The number of benzene rings is 1. The second-order valence-electron chi connectivity index (χ2n) is 6.22. The first-order valence-corrected chi connectivity index (χ1v) is 9.13. The van der Waals surface area contributed by atoms with Crippen molar-refractivity contribution in [2.24, 2.45) is 0 Å². The molecule has 0 saturated carbocycles. The van der Waals surface area contributed by atoms with Gasteiger partial charge in [0.25, 0.3) is 0 Å². The molecule has 144 valence electrons. The van der Waals surface area contributed by atoms with Crippen molar-refractivity contribution in [1.29, 1.82) is 0 Å². The summed E-state index contributed by atoms with van der Waals surface area (Å²) >= 11 is 6.00. The van der Waals surface area contributed by atoms with Crippen molar-refractivity contribution in [1.82, 2.24) is 19.7 Å². The molecule has 0 spiro atoms. The number of hydrogen-bond donors (Lipinski definition) is 2. The molecule has 0 radical (unpaired) electrons. The van der Waals surface area contributed by atoms with Crippen LogP contribution < -0.4 is 10.2 Å². The van der Waals surface area contributed by atoms with Gasteiger partial charge in [-0.15, -0.1) is 0 Å². The molecule has 0 atom stereocenters. The minimum Gasteiger partial charge on any atom is -0.467 e. The maximum absolute atomic E-state index is 9.27. The number of furan rings is 1. The molecule has 4 rings (SSSR count). The summed E-state index contributed by atoms with van der Waals surface area (Å²) in [4.78, 5) is 11.1. The molecule has 1 aromatic carbocycles. The zero-order chi connectivity index (χ0) is 19.5. The molecule has 28 heavy (non-hydrogen) atoms. The van der Waals surface area contributed by atoms with Gasteiger partial charge >= 0.3 is 0 Å². The Morgan fingerprint density at radius 2 is 2.04 bits per heavy atom. The standard InChI is InChI=1S/C19H19ClN6O2/c1-25(8-9-27)19-23-17(21-11-15-3-2-10-28-15)16-12-22-26(18(16)24-19)14-6-4-13(20)5-7-14/h2-7,10,12,27H,8-9,11H2,1H3,(H,21,23,24). The minimum atomic E-state index is 0.00347. The van der Waals surface area contributed by atoms with Gasteiger partial charge in [-0.1, -0.05) is 11.6 Å². The Morgan fingerprint density at radius 1 is 1.21 bits per heavy atom. The van der Waals surface area contributed by atoms with E-state index in [4.69, 9.17) is 16.0 Å². The van der Waals surface area contributed by atoms with Crippen molar-refractivity contribution in [2.75, 3.05) is 30.4 Å². The smallest absolute Gasteiger partial charge is 0.229 e. The molecular formula is C19H19ClN6O2. The number of nitrogens with one attached hydrogen (secondary N) is 1. The number of nitrogens with zero attached hydrogens (tertiary/aromatic N) is 5. The van der Waals surface area contributed by atoms with Crippen LogP contribution in [0.3, 0.4) is 0 Å². The third-order valence-corrected chi connectivity index (χ3v) is 4.53. The lowest BCUT2D eigenvalue weighted by molar-refractivity contribution is 0.303. The molecule has 0 aliphatic heterocycles. The Balaban J connectivity index is 1.78. The van der Waals surface area contributed by atoms with Crippen molar-refractivity contribution >= 4 is 34.4 Å². The fourth-order valence-electron chi connectivity index (χ4n) is 2.81. The molecule has 0 saturated heterocycles. The maximum Gasteiger partial charge on any atom is 0.229 e. The Hall–Kier alpha value is -3.10. The van der Waals surface area contributed by atoms with E-state index in [2.05, 4.69) is 20.4 Å². The van der Waals surface area contributed by atoms with Gasteiger partial charge in [0.1, 0.15) is 11.6 Å². The van der Waals surface area contributed by atoms with E-state index in [0.717, 1.165) is 16.8 Å². The molecule has 0 bridgehead atoms. The zero-order valence-corrected chi connectivity index (χ0v) is 16.0. The van der Waals surface area contributed by atoms with Gasteiger partial charge < -0.3 is 19.7 Å². The first-order valence-electron chi connectivity index (χ1n) is 8.75. The van der Waals surface area contributed by atoms with Crippen molar-refractivity contribution in [3.63, 3.8) is 0 Å². The zero-order valence-electron chi connectivity index (χ0n) is 15.2. The fraction of sp³-hybridized carbons (Fsp3) is 0.211. The third-order valence-electron chi connectivity index (χ3n) is 4.27. The first kappa shape index (κ1) is 18.3. The predicted octanol–water partition coefficient (Wildman–Crippen LogP) is 3.10. The van der Waals surface area contributed by atoms with Crippen LogP contribution in [0.5, 0.6) is 0 Å². The average Bonchev–Trinajstić information content (AvgIpc) is 3.36. The minimum absolute atomic E-state index is 0.00347. The van der Waals surface area contributed by atoms with Crippen molar-refractivity contribution in [2.45, 2.75) is 6.54 Å². The van der Waals surface area contributed by atoms with E-state index >= 15 is 0 Å². The van der Waals surface area contributed by atoms with Gasteiger partial charge in [-0.3, -0.25) is 0 Å². The molecule has 3 aromatic heterocycles. The van der Waals surface area contributed by atoms with Crippen LogP contribution in [0.2, 0.25) is 5.02 Å². The summed E-state index contributed by atoms with van der Waals surface area (Å²) < 4.78 is 7.12. The van der Waals surface area contributed by atoms with E-state index in [1.54, 1.807) is 34.2 Å². The Kier molecular flexibility index (Phi) is 5.14. The third kappa shape index (κ3) is 3.64. The lowest BCUT2D eigenvalue weighted by Crippen LogP contribution is -2.24. The molecular weight excluding hydrogens is 380 g/mol. The Labute approximate surface area is 166 Å². The summed E-state index contributed by atoms with van der Waals surface area (Å²) in [5, 5.41) is 18.5.